The van der Waals surface area contributed by atoms with Crippen molar-refractivity contribution in [1.82, 2.24) is 9.78 Å². The number of sulfone groups is 1. The lowest BCUT2D eigenvalue weighted by Crippen LogP contribution is -2.22. The van der Waals surface area contributed by atoms with E-state index in [9.17, 15) is 23.6 Å². The Kier molecular flexibility index (Phi) is 4.80. The first kappa shape index (κ1) is 19.4. The van der Waals surface area contributed by atoms with Crippen LogP contribution >= 0.6 is 0 Å². The second-order valence-corrected chi connectivity index (χ2v) is 9.50. The van der Waals surface area contributed by atoms with Crippen molar-refractivity contribution in [3.8, 4) is 6.07 Å². The fourth-order valence-electron chi connectivity index (χ4n) is 4.11. The van der Waals surface area contributed by atoms with Crippen LogP contribution < -0.4 is 11.1 Å². The summed E-state index contributed by atoms with van der Waals surface area (Å²) in [5.41, 5.74) is 6.48. The van der Waals surface area contributed by atoms with Crippen LogP contribution in [0.3, 0.4) is 0 Å². The van der Waals surface area contributed by atoms with Crippen LogP contribution in [-0.4, -0.2) is 35.0 Å². The van der Waals surface area contributed by atoms with E-state index < -0.39 is 21.8 Å². The van der Waals surface area contributed by atoms with Crippen LogP contribution in [0.25, 0.3) is 0 Å². The lowest BCUT2D eigenvalue weighted by atomic mass is 9.85. The number of nitrogens with one attached hydrogen (secondary N) is 1. The summed E-state index contributed by atoms with van der Waals surface area (Å²) in [6.07, 6.45) is 4.01. The summed E-state index contributed by atoms with van der Waals surface area (Å²) >= 11 is 0. The van der Waals surface area contributed by atoms with E-state index in [1.54, 1.807) is 16.9 Å². The standard InChI is InChI=1S/C19H21N5O4S/c20-8-11-3-1-2-4-15(11)24-9-14(18(21)26)19(23-24)22-12-5-6-17-13(7-12)16(25)10-29(17,27)28/h5-7,9,11,15-16,25H,1-4,10H2,(H2,21,26)(H,22,23). The number of nitrogens with two attached hydrogens (primary N) is 1. The second kappa shape index (κ2) is 7.17. The van der Waals surface area contributed by atoms with Gasteiger partial charge in [-0.15, -0.1) is 0 Å². The summed E-state index contributed by atoms with van der Waals surface area (Å²) in [7, 11) is -3.49. The van der Waals surface area contributed by atoms with Crippen LogP contribution in [0.5, 0.6) is 0 Å². The van der Waals surface area contributed by atoms with Crippen LogP contribution in [0, 0.1) is 17.2 Å². The molecule has 4 N–H and O–H groups in total. The molecule has 3 atom stereocenters. The maximum Gasteiger partial charge on any atom is 0.254 e. The SMILES string of the molecule is N#CC1CCCCC1n1cc(C(N)=O)c(Nc2ccc3c(c2)C(O)CS3(=O)=O)n1. The molecule has 10 heteroatoms. The third kappa shape index (κ3) is 3.47. The highest BCUT2D eigenvalue weighted by Crippen LogP contribution is 2.37. The number of aromatic nitrogens is 2. The predicted octanol–water partition coefficient (Wildman–Crippen LogP) is 1.80. The van der Waals surface area contributed by atoms with Gasteiger partial charge in [0.25, 0.3) is 5.91 Å². The van der Waals surface area contributed by atoms with E-state index in [1.165, 1.54) is 12.1 Å². The highest BCUT2D eigenvalue weighted by Gasteiger charge is 2.34. The van der Waals surface area contributed by atoms with Crippen molar-refractivity contribution in [2.45, 2.75) is 42.7 Å². The Morgan fingerprint density at radius 3 is 2.83 bits per heavy atom. The molecule has 1 aromatic heterocycles. The molecule has 2 heterocycles. The molecule has 1 aliphatic carbocycles. The molecule has 0 spiro atoms. The summed E-state index contributed by atoms with van der Waals surface area (Å²) < 4.78 is 25.7. The van der Waals surface area contributed by atoms with Gasteiger partial charge in [-0.25, -0.2) is 8.42 Å². The lowest BCUT2D eigenvalue weighted by Gasteiger charge is -2.26. The summed E-state index contributed by atoms with van der Waals surface area (Å²) in [5.74, 6) is -0.955. The molecular formula is C19H21N5O4S. The number of aliphatic hydroxyl groups excluding tert-OH is 1. The molecule has 3 unspecified atom stereocenters. The average molecular weight is 415 g/mol. The highest BCUT2D eigenvalue weighted by molar-refractivity contribution is 7.91. The van der Waals surface area contributed by atoms with Crippen molar-refractivity contribution in [2.75, 3.05) is 11.1 Å². The number of primary amides is 1. The molecule has 2 aliphatic rings. The molecule has 152 valence electrons. The number of amides is 1. The molecule has 0 saturated heterocycles. The third-order valence-corrected chi connectivity index (χ3v) is 7.37. The van der Waals surface area contributed by atoms with Crippen molar-refractivity contribution in [2.24, 2.45) is 11.7 Å². The number of nitrogens with zero attached hydrogens (tertiary/aromatic N) is 3. The van der Waals surface area contributed by atoms with Gasteiger partial charge in [0.1, 0.15) is 5.56 Å². The van der Waals surface area contributed by atoms with E-state index in [0.29, 0.717) is 11.3 Å². The Hall–Kier alpha value is -2.90. The Balaban J connectivity index is 1.67. The topological polar surface area (TPSA) is 151 Å². The molecule has 0 radical (unpaired) electrons. The molecule has 9 nitrogen and oxygen atoms in total. The Morgan fingerprint density at radius 2 is 2.10 bits per heavy atom. The van der Waals surface area contributed by atoms with Gasteiger partial charge in [-0.2, -0.15) is 10.4 Å². The number of benzene rings is 1. The minimum Gasteiger partial charge on any atom is -0.387 e. The Morgan fingerprint density at radius 1 is 1.34 bits per heavy atom. The Labute approximate surface area is 168 Å². The normalized spacial score (nSPS) is 25.2. The first-order chi connectivity index (χ1) is 13.8. The number of hydrogen-bond acceptors (Lipinski definition) is 7. The van der Waals surface area contributed by atoms with Gasteiger partial charge < -0.3 is 16.2 Å². The van der Waals surface area contributed by atoms with Crippen molar-refractivity contribution >= 4 is 27.2 Å². The third-order valence-electron chi connectivity index (χ3n) is 5.58. The number of hydrogen-bond donors (Lipinski definition) is 3. The van der Waals surface area contributed by atoms with E-state index in [-0.39, 0.29) is 34.0 Å². The summed E-state index contributed by atoms with van der Waals surface area (Å²) in [6, 6.07) is 6.70. The van der Waals surface area contributed by atoms with Gasteiger partial charge in [0.15, 0.2) is 15.7 Å². The fourth-order valence-corrected chi connectivity index (χ4v) is 5.71. The number of carbonyl (C=O) groups excluding carboxylic acids is 1. The largest absolute Gasteiger partial charge is 0.387 e. The fraction of sp³-hybridized carbons (Fsp3) is 0.421. The lowest BCUT2D eigenvalue weighted by molar-refractivity contribution is 0.100. The molecule has 29 heavy (non-hydrogen) atoms. The van der Waals surface area contributed by atoms with Gasteiger partial charge in [0.2, 0.25) is 0 Å². The van der Waals surface area contributed by atoms with Crippen LogP contribution in [0.4, 0.5) is 11.5 Å². The predicted molar refractivity (Wildman–Crippen MR) is 104 cm³/mol. The molecule has 0 bridgehead atoms. The van der Waals surface area contributed by atoms with Crippen LogP contribution in [0.2, 0.25) is 0 Å². The summed E-state index contributed by atoms with van der Waals surface area (Å²) in [4.78, 5) is 12.0. The van der Waals surface area contributed by atoms with Gasteiger partial charge in [0.05, 0.1) is 34.8 Å². The van der Waals surface area contributed by atoms with Gasteiger partial charge in [-0.05, 0) is 31.0 Å². The number of aliphatic hydroxyl groups is 1. The maximum atomic E-state index is 12.0. The van der Waals surface area contributed by atoms with Gasteiger partial charge in [0, 0.05) is 17.4 Å². The van der Waals surface area contributed by atoms with E-state index >= 15 is 0 Å². The van der Waals surface area contributed by atoms with Gasteiger partial charge >= 0.3 is 0 Å². The first-order valence-electron chi connectivity index (χ1n) is 9.40. The highest BCUT2D eigenvalue weighted by atomic mass is 32.2. The zero-order valence-corrected chi connectivity index (χ0v) is 16.4. The minimum absolute atomic E-state index is 0.107. The number of carbonyl (C=O) groups is 1. The second-order valence-electron chi connectivity index (χ2n) is 7.50. The molecule has 1 aliphatic heterocycles. The number of fused-ring (bicyclic) bond motifs is 1. The number of anilines is 2. The molecular weight excluding hydrogens is 394 g/mol. The average Bonchev–Trinajstić information content (AvgIpc) is 3.20. The van der Waals surface area contributed by atoms with E-state index in [0.717, 1.165) is 25.7 Å². The first-order valence-corrected chi connectivity index (χ1v) is 11.1. The maximum absolute atomic E-state index is 12.0. The molecule has 1 amide bonds. The van der Waals surface area contributed by atoms with Crippen LogP contribution in [-0.2, 0) is 9.84 Å². The van der Waals surface area contributed by atoms with Crippen molar-refractivity contribution in [1.29, 1.82) is 5.26 Å². The number of rotatable bonds is 4. The van der Waals surface area contributed by atoms with Gasteiger partial charge in [-0.3, -0.25) is 9.48 Å². The molecule has 1 fully saturated rings. The zero-order valence-electron chi connectivity index (χ0n) is 15.6. The zero-order chi connectivity index (χ0) is 20.8. The monoisotopic (exact) mass is 415 g/mol. The van der Waals surface area contributed by atoms with Crippen LogP contribution in [0.15, 0.2) is 29.3 Å². The summed E-state index contributed by atoms with van der Waals surface area (Å²) in [5, 5.41) is 26.9. The van der Waals surface area contributed by atoms with Crippen molar-refractivity contribution in [3.63, 3.8) is 0 Å². The van der Waals surface area contributed by atoms with Crippen molar-refractivity contribution < 1.29 is 18.3 Å². The van der Waals surface area contributed by atoms with Gasteiger partial charge in [-0.1, -0.05) is 12.8 Å². The minimum atomic E-state index is -3.49. The van der Waals surface area contributed by atoms with E-state index in [4.69, 9.17) is 5.73 Å². The van der Waals surface area contributed by atoms with Crippen molar-refractivity contribution in [3.05, 3.63) is 35.5 Å². The Bertz CT molecular complexity index is 1120. The van der Waals surface area contributed by atoms with E-state index in [2.05, 4.69) is 16.5 Å². The van der Waals surface area contributed by atoms with E-state index in [1.807, 2.05) is 0 Å². The van der Waals surface area contributed by atoms with Crippen LogP contribution in [0.1, 0.15) is 53.8 Å². The number of nitriles is 1. The smallest absolute Gasteiger partial charge is 0.254 e. The molecule has 1 aromatic carbocycles. The molecule has 2 aromatic rings. The molecule has 4 rings (SSSR count). The molecule has 1 saturated carbocycles. The quantitative estimate of drug-likeness (QED) is 0.688. The summed E-state index contributed by atoms with van der Waals surface area (Å²) in [6.45, 7) is 0.